The molecule has 0 unspecified atom stereocenters. The lowest BCUT2D eigenvalue weighted by molar-refractivity contribution is -0.0148. The summed E-state index contributed by atoms with van der Waals surface area (Å²) in [5.74, 6) is -0.00921. The zero-order valence-corrected chi connectivity index (χ0v) is 16.5. The zero-order valence-electron chi connectivity index (χ0n) is 15.7. The molecule has 0 saturated carbocycles. The number of amides is 2. The number of carbonyl (C=O) groups excluding carboxylic acids is 2. The fourth-order valence-corrected chi connectivity index (χ4v) is 3.81. The molecule has 1 heterocycles. The van der Waals surface area contributed by atoms with Crippen LogP contribution in [0.3, 0.4) is 0 Å². The van der Waals surface area contributed by atoms with E-state index in [1.165, 1.54) is 11.3 Å². The lowest BCUT2D eigenvalue weighted by Crippen LogP contribution is -2.59. The van der Waals surface area contributed by atoms with Gasteiger partial charge in [0.1, 0.15) is 0 Å². The summed E-state index contributed by atoms with van der Waals surface area (Å²) in [6.07, 6.45) is 3.61. The van der Waals surface area contributed by atoms with Gasteiger partial charge < -0.3 is 21.1 Å². The molecule has 1 aliphatic carbocycles. The minimum Gasteiger partial charge on any atom is -0.369 e. The highest BCUT2D eigenvalue weighted by Gasteiger charge is 2.36. The van der Waals surface area contributed by atoms with Crippen molar-refractivity contribution in [3.63, 3.8) is 0 Å². The van der Waals surface area contributed by atoms with Gasteiger partial charge in [0, 0.05) is 18.2 Å². The Hall–Kier alpha value is -1.70. The van der Waals surface area contributed by atoms with E-state index in [2.05, 4.69) is 24.5 Å². The second-order valence-corrected chi connectivity index (χ2v) is 7.38. The van der Waals surface area contributed by atoms with Crippen LogP contribution in [0.5, 0.6) is 0 Å². The number of hydrogen-bond donors (Lipinski definition) is 3. The lowest BCUT2D eigenvalue weighted by Gasteiger charge is -2.37. The number of nitrogens with one attached hydrogen (secondary N) is 2. The summed E-state index contributed by atoms with van der Waals surface area (Å²) < 4.78 is 6.20. The molecule has 0 saturated heterocycles. The van der Waals surface area contributed by atoms with Crippen LogP contribution < -0.4 is 16.4 Å². The molecule has 0 aromatic carbocycles. The Morgan fingerprint density at radius 2 is 2.08 bits per heavy atom. The highest BCUT2D eigenvalue weighted by Crippen LogP contribution is 2.26. The highest BCUT2D eigenvalue weighted by molar-refractivity contribution is 7.12. The quantitative estimate of drug-likeness (QED) is 0.606. The Labute approximate surface area is 159 Å². The molecular formula is C19H29N3O3S. The maximum atomic E-state index is 12.7. The van der Waals surface area contributed by atoms with Crippen LogP contribution in [-0.2, 0) is 4.74 Å². The number of urea groups is 1. The van der Waals surface area contributed by atoms with E-state index in [1.54, 1.807) is 0 Å². The summed E-state index contributed by atoms with van der Waals surface area (Å²) in [4.78, 5) is 25.4. The Balaban J connectivity index is 2.25. The van der Waals surface area contributed by atoms with Gasteiger partial charge in [0.25, 0.3) is 0 Å². The van der Waals surface area contributed by atoms with Crippen LogP contribution in [0.15, 0.2) is 29.2 Å². The van der Waals surface area contributed by atoms with E-state index in [0.29, 0.717) is 23.4 Å². The van der Waals surface area contributed by atoms with Gasteiger partial charge >= 0.3 is 6.03 Å². The molecule has 0 fully saturated rings. The number of ketones is 1. The minimum absolute atomic E-state index is 0.00921. The molecule has 1 aliphatic rings. The molecular weight excluding hydrogens is 350 g/mol. The van der Waals surface area contributed by atoms with Gasteiger partial charge in [-0.15, -0.1) is 11.3 Å². The molecule has 144 valence electrons. The van der Waals surface area contributed by atoms with Crippen LogP contribution in [0.2, 0.25) is 0 Å². The van der Waals surface area contributed by atoms with E-state index in [0.717, 1.165) is 12.8 Å². The van der Waals surface area contributed by atoms with Gasteiger partial charge in [0.2, 0.25) is 0 Å². The summed E-state index contributed by atoms with van der Waals surface area (Å²) in [6.45, 7) is 6.51. The van der Waals surface area contributed by atoms with Gasteiger partial charge in [-0.3, -0.25) is 4.79 Å². The first-order chi connectivity index (χ1) is 12.5. The highest BCUT2D eigenvalue weighted by atomic mass is 32.1. The summed E-state index contributed by atoms with van der Waals surface area (Å²) in [6, 6.07) is 2.64. The maximum Gasteiger partial charge on any atom is 0.315 e. The van der Waals surface area contributed by atoms with Gasteiger partial charge in [-0.25, -0.2) is 4.79 Å². The molecule has 2 rings (SSSR count). The van der Waals surface area contributed by atoms with Crippen molar-refractivity contribution in [2.24, 2.45) is 5.73 Å². The molecule has 0 aliphatic heterocycles. The number of Topliss-reactive ketones (excluding diaryl/α,β-unsaturated/α-hetero) is 1. The predicted molar refractivity (Wildman–Crippen MR) is 105 cm³/mol. The van der Waals surface area contributed by atoms with Crippen LogP contribution >= 0.6 is 11.3 Å². The van der Waals surface area contributed by atoms with Crippen molar-refractivity contribution in [3.8, 4) is 0 Å². The molecule has 0 bridgehead atoms. The SMILES string of the molecule is CCNC(=O)N[C@@H]1[C@@H](N)CC(C(=O)c2cccs2)=C[C@H]1OC(CC)CC. The standard InChI is InChI=1S/C19H29N3O3S/c1-4-13(5-2)25-15-11-12(18(23)16-8-7-9-26-16)10-14(20)17(15)22-19(24)21-6-3/h7-9,11,13-15,17H,4-6,10,20H2,1-3H3,(H2,21,22,24)/t14-,15+,17+/m0/s1. The van der Waals surface area contributed by atoms with Gasteiger partial charge in [-0.1, -0.05) is 19.9 Å². The smallest absolute Gasteiger partial charge is 0.315 e. The molecule has 2 amide bonds. The number of ether oxygens (including phenoxy) is 1. The van der Waals surface area contributed by atoms with E-state index < -0.39 is 6.10 Å². The maximum absolute atomic E-state index is 12.7. The molecule has 0 spiro atoms. The van der Waals surface area contributed by atoms with Crippen molar-refractivity contribution in [2.45, 2.75) is 64.3 Å². The van der Waals surface area contributed by atoms with Gasteiger partial charge in [-0.05, 0) is 43.7 Å². The zero-order chi connectivity index (χ0) is 19.1. The first kappa shape index (κ1) is 20.6. The van der Waals surface area contributed by atoms with Crippen LogP contribution in [0.4, 0.5) is 4.79 Å². The fourth-order valence-electron chi connectivity index (χ4n) is 3.11. The van der Waals surface area contributed by atoms with Crippen LogP contribution in [0.25, 0.3) is 0 Å². The number of carbonyl (C=O) groups is 2. The predicted octanol–water partition coefficient (Wildman–Crippen LogP) is 2.85. The second kappa shape index (κ2) is 9.85. The third kappa shape index (κ3) is 5.16. The van der Waals surface area contributed by atoms with E-state index >= 15 is 0 Å². The lowest BCUT2D eigenvalue weighted by atomic mass is 9.86. The monoisotopic (exact) mass is 379 g/mol. The number of thiophene rings is 1. The summed E-state index contributed by atoms with van der Waals surface area (Å²) >= 11 is 1.42. The molecule has 1 aromatic heterocycles. The topological polar surface area (TPSA) is 93.5 Å². The third-order valence-corrected chi connectivity index (χ3v) is 5.44. The van der Waals surface area contributed by atoms with Crippen molar-refractivity contribution in [3.05, 3.63) is 34.0 Å². The van der Waals surface area contributed by atoms with Gasteiger partial charge in [-0.2, -0.15) is 0 Å². The van der Waals surface area contributed by atoms with Crippen molar-refractivity contribution < 1.29 is 14.3 Å². The second-order valence-electron chi connectivity index (χ2n) is 6.44. The Kier molecular flexibility index (Phi) is 7.81. The molecule has 3 atom stereocenters. The molecule has 1 aromatic rings. The van der Waals surface area contributed by atoms with Crippen molar-refractivity contribution in [2.75, 3.05) is 6.54 Å². The van der Waals surface area contributed by atoms with Crippen LogP contribution in [0, 0.1) is 0 Å². The van der Waals surface area contributed by atoms with Crippen LogP contribution in [0.1, 0.15) is 49.7 Å². The normalized spacial score (nSPS) is 22.8. The van der Waals surface area contributed by atoms with Crippen molar-refractivity contribution in [1.29, 1.82) is 0 Å². The third-order valence-electron chi connectivity index (χ3n) is 4.57. The molecule has 4 N–H and O–H groups in total. The Bertz CT molecular complexity index is 626. The molecule has 7 heteroatoms. The number of nitrogens with two attached hydrogens (primary N) is 1. The van der Waals surface area contributed by atoms with E-state index in [4.69, 9.17) is 10.5 Å². The summed E-state index contributed by atoms with van der Waals surface area (Å²) in [5.41, 5.74) is 7.00. The molecule has 0 radical (unpaired) electrons. The van der Waals surface area contributed by atoms with Gasteiger partial charge in [0.05, 0.1) is 23.1 Å². The van der Waals surface area contributed by atoms with E-state index in [9.17, 15) is 9.59 Å². The largest absolute Gasteiger partial charge is 0.369 e. The van der Waals surface area contributed by atoms with Gasteiger partial charge in [0.15, 0.2) is 5.78 Å². The average Bonchev–Trinajstić information content (AvgIpc) is 3.16. The van der Waals surface area contributed by atoms with E-state index in [-0.39, 0.29) is 30.0 Å². The number of rotatable bonds is 8. The summed E-state index contributed by atoms with van der Waals surface area (Å²) in [7, 11) is 0. The minimum atomic E-state index is -0.426. The first-order valence-electron chi connectivity index (χ1n) is 9.24. The van der Waals surface area contributed by atoms with E-state index in [1.807, 2.05) is 30.5 Å². The molecule has 6 nitrogen and oxygen atoms in total. The van der Waals surface area contributed by atoms with Crippen molar-refractivity contribution in [1.82, 2.24) is 10.6 Å². The molecule has 26 heavy (non-hydrogen) atoms. The fraction of sp³-hybridized carbons (Fsp3) is 0.579. The Morgan fingerprint density at radius 3 is 2.65 bits per heavy atom. The number of hydrogen-bond acceptors (Lipinski definition) is 5. The van der Waals surface area contributed by atoms with Crippen molar-refractivity contribution >= 4 is 23.2 Å². The summed E-state index contributed by atoms with van der Waals surface area (Å²) in [5, 5.41) is 7.52. The average molecular weight is 380 g/mol. The Morgan fingerprint density at radius 1 is 1.35 bits per heavy atom. The first-order valence-corrected chi connectivity index (χ1v) is 10.1. The van der Waals surface area contributed by atoms with Crippen LogP contribution in [-0.4, -0.2) is 42.7 Å².